The van der Waals surface area contributed by atoms with E-state index in [1.54, 1.807) is 0 Å². The third kappa shape index (κ3) is 1.57. The average molecular weight is 211 g/mol. The molecular weight excluding hydrogens is 194 g/mol. The topological polar surface area (TPSA) is 29.9 Å². The Morgan fingerprint density at radius 1 is 1.50 bits per heavy atom. The highest BCUT2D eigenvalue weighted by molar-refractivity contribution is 7.98. The maximum absolute atomic E-state index is 4.66. The molecule has 4 heteroatoms. The predicted molar refractivity (Wildman–Crippen MR) is 60.4 cm³/mol. The fourth-order valence-corrected chi connectivity index (χ4v) is 2.93. The molecule has 2 rings (SSSR count). The van der Waals surface area contributed by atoms with Crippen molar-refractivity contribution in [1.82, 2.24) is 15.1 Å². The zero-order chi connectivity index (χ0) is 10.1. The van der Waals surface area contributed by atoms with Gasteiger partial charge in [-0.05, 0) is 20.9 Å². The number of hydrogen-bond acceptors (Lipinski definition) is 3. The molecule has 14 heavy (non-hydrogen) atoms. The highest BCUT2D eigenvalue weighted by atomic mass is 32.2. The molecule has 0 aromatic carbocycles. The lowest BCUT2D eigenvalue weighted by molar-refractivity contribution is 0.498. The number of thioether (sulfide) groups is 1. The van der Waals surface area contributed by atoms with E-state index < -0.39 is 0 Å². The molecular formula is C10H17N3S. The van der Waals surface area contributed by atoms with E-state index >= 15 is 0 Å². The van der Waals surface area contributed by atoms with Crippen molar-refractivity contribution in [3.05, 3.63) is 17.0 Å². The minimum Gasteiger partial charge on any atom is -0.314 e. The fourth-order valence-electron chi connectivity index (χ4n) is 1.87. The summed E-state index contributed by atoms with van der Waals surface area (Å²) in [7, 11) is 1.99. The normalized spacial score (nSPS) is 15.1. The molecule has 0 unspecified atom stereocenters. The van der Waals surface area contributed by atoms with Gasteiger partial charge in [-0.3, -0.25) is 4.68 Å². The van der Waals surface area contributed by atoms with Gasteiger partial charge in [0.2, 0.25) is 0 Å². The lowest BCUT2D eigenvalue weighted by atomic mass is 10.2. The Kier molecular flexibility index (Phi) is 2.83. The molecule has 0 fully saturated rings. The van der Waals surface area contributed by atoms with Gasteiger partial charge in [0.15, 0.2) is 0 Å². The fraction of sp³-hybridized carbons (Fsp3) is 0.700. The lowest BCUT2D eigenvalue weighted by Crippen LogP contribution is -2.15. The summed E-state index contributed by atoms with van der Waals surface area (Å²) < 4.78 is 2.17. The van der Waals surface area contributed by atoms with Crippen LogP contribution in [0, 0.1) is 0 Å². The summed E-state index contributed by atoms with van der Waals surface area (Å²) in [4.78, 5) is 0. The Balaban J connectivity index is 2.40. The molecule has 2 heterocycles. The van der Waals surface area contributed by atoms with Gasteiger partial charge in [0, 0.05) is 29.7 Å². The standard InChI is InChI=1S/C10H17N3S/c1-7(2)13-10(4-11-3)8-5-14-6-9(8)12-13/h7,11H,4-6H2,1-3H3. The van der Waals surface area contributed by atoms with Crippen LogP contribution in [0.25, 0.3) is 0 Å². The second-order valence-electron chi connectivity index (χ2n) is 3.93. The van der Waals surface area contributed by atoms with Gasteiger partial charge < -0.3 is 5.32 Å². The maximum atomic E-state index is 4.66. The van der Waals surface area contributed by atoms with Crippen LogP contribution in [0.15, 0.2) is 0 Å². The Morgan fingerprint density at radius 2 is 2.29 bits per heavy atom. The summed E-state index contributed by atoms with van der Waals surface area (Å²) >= 11 is 1.97. The van der Waals surface area contributed by atoms with E-state index in [1.807, 2.05) is 18.8 Å². The zero-order valence-corrected chi connectivity index (χ0v) is 9.82. The van der Waals surface area contributed by atoms with Crippen molar-refractivity contribution in [2.45, 2.75) is 37.9 Å². The SMILES string of the molecule is CNCc1c2c(nn1C(C)C)CSC2. The first-order valence-electron chi connectivity index (χ1n) is 5.05. The minimum absolute atomic E-state index is 0.467. The molecule has 0 saturated carbocycles. The molecule has 0 radical (unpaired) electrons. The number of fused-ring (bicyclic) bond motifs is 1. The molecule has 1 aromatic heterocycles. The van der Waals surface area contributed by atoms with Crippen molar-refractivity contribution in [2.24, 2.45) is 0 Å². The van der Waals surface area contributed by atoms with E-state index in [9.17, 15) is 0 Å². The monoisotopic (exact) mass is 211 g/mol. The molecule has 0 amide bonds. The van der Waals surface area contributed by atoms with Crippen molar-refractivity contribution in [1.29, 1.82) is 0 Å². The van der Waals surface area contributed by atoms with Gasteiger partial charge in [0.05, 0.1) is 11.4 Å². The van der Waals surface area contributed by atoms with Gasteiger partial charge in [-0.1, -0.05) is 0 Å². The first kappa shape index (κ1) is 10.1. The molecule has 0 bridgehead atoms. The van der Waals surface area contributed by atoms with Crippen LogP contribution in [0.5, 0.6) is 0 Å². The van der Waals surface area contributed by atoms with E-state index in [0.29, 0.717) is 6.04 Å². The van der Waals surface area contributed by atoms with Crippen LogP contribution in [0.3, 0.4) is 0 Å². The predicted octanol–water partition coefficient (Wildman–Crippen LogP) is 1.93. The minimum atomic E-state index is 0.467. The second kappa shape index (κ2) is 3.95. The molecule has 1 aliphatic rings. The van der Waals surface area contributed by atoms with E-state index in [1.165, 1.54) is 17.0 Å². The highest BCUT2D eigenvalue weighted by Gasteiger charge is 2.22. The zero-order valence-electron chi connectivity index (χ0n) is 9.00. The van der Waals surface area contributed by atoms with Gasteiger partial charge in [0.1, 0.15) is 0 Å². The molecule has 1 aromatic rings. The number of rotatable bonds is 3. The van der Waals surface area contributed by atoms with E-state index in [-0.39, 0.29) is 0 Å². The van der Waals surface area contributed by atoms with E-state index in [2.05, 4.69) is 28.9 Å². The summed E-state index contributed by atoms with van der Waals surface area (Å²) in [6.07, 6.45) is 0. The molecule has 1 aliphatic heterocycles. The van der Waals surface area contributed by atoms with Crippen LogP contribution in [0.4, 0.5) is 0 Å². The summed E-state index contributed by atoms with van der Waals surface area (Å²) in [5, 5.41) is 7.89. The summed E-state index contributed by atoms with van der Waals surface area (Å²) in [5.74, 6) is 2.23. The Hall–Kier alpha value is -0.480. The van der Waals surface area contributed by atoms with Crippen molar-refractivity contribution >= 4 is 11.8 Å². The Morgan fingerprint density at radius 3 is 2.93 bits per heavy atom. The van der Waals surface area contributed by atoms with Gasteiger partial charge in [-0.15, -0.1) is 0 Å². The van der Waals surface area contributed by atoms with Gasteiger partial charge >= 0.3 is 0 Å². The Bertz CT molecular complexity index is 330. The van der Waals surface area contributed by atoms with Crippen LogP contribution in [0.1, 0.15) is 36.8 Å². The summed E-state index contributed by atoms with van der Waals surface area (Å²) in [6.45, 7) is 5.31. The van der Waals surface area contributed by atoms with Crippen molar-refractivity contribution in [3.63, 3.8) is 0 Å². The smallest absolute Gasteiger partial charge is 0.0767 e. The van der Waals surface area contributed by atoms with E-state index in [0.717, 1.165) is 18.1 Å². The molecule has 0 saturated heterocycles. The third-order valence-electron chi connectivity index (χ3n) is 2.52. The molecule has 1 N–H and O–H groups in total. The average Bonchev–Trinajstić information content (AvgIpc) is 2.67. The second-order valence-corrected chi connectivity index (χ2v) is 4.92. The first-order valence-corrected chi connectivity index (χ1v) is 6.21. The molecule has 0 spiro atoms. The van der Waals surface area contributed by atoms with Crippen LogP contribution in [0.2, 0.25) is 0 Å². The molecule has 78 valence electrons. The number of nitrogens with one attached hydrogen (secondary N) is 1. The van der Waals surface area contributed by atoms with E-state index in [4.69, 9.17) is 0 Å². The summed E-state index contributed by atoms with van der Waals surface area (Å²) in [5.41, 5.74) is 4.15. The number of nitrogens with zero attached hydrogens (tertiary/aromatic N) is 2. The third-order valence-corrected chi connectivity index (χ3v) is 3.49. The first-order chi connectivity index (χ1) is 6.74. The molecule has 0 aliphatic carbocycles. The van der Waals surface area contributed by atoms with Crippen LogP contribution < -0.4 is 5.32 Å². The van der Waals surface area contributed by atoms with Crippen molar-refractivity contribution in [2.75, 3.05) is 7.05 Å². The highest BCUT2D eigenvalue weighted by Crippen LogP contribution is 2.32. The van der Waals surface area contributed by atoms with Crippen molar-refractivity contribution in [3.8, 4) is 0 Å². The van der Waals surface area contributed by atoms with Crippen molar-refractivity contribution < 1.29 is 0 Å². The largest absolute Gasteiger partial charge is 0.314 e. The maximum Gasteiger partial charge on any atom is 0.0767 e. The lowest BCUT2D eigenvalue weighted by Gasteiger charge is -2.12. The quantitative estimate of drug-likeness (QED) is 0.828. The molecule has 3 nitrogen and oxygen atoms in total. The van der Waals surface area contributed by atoms with Crippen LogP contribution in [-0.4, -0.2) is 16.8 Å². The number of hydrogen-bond donors (Lipinski definition) is 1. The van der Waals surface area contributed by atoms with Crippen LogP contribution in [-0.2, 0) is 18.1 Å². The van der Waals surface area contributed by atoms with Crippen LogP contribution >= 0.6 is 11.8 Å². The van der Waals surface area contributed by atoms with Gasteiger partial charge in [-0.25, -0.2) is 0 Å². The summed E-state index contributed by atoms with van der Waals surface area (Å²) in [6, 6.07) is 0.467. The Labute approximate surface area is 89.3 Å². The van der Waals surface area contributed by atoms with Gasteiger partial charge in [0.25, 0.3) is 0 Å². The number of aromatic nitrogens is 2. The molecule has 0 atom stereocenters. The van der Waals surface area contributed by atoms with Gasteiger partial charge in [-0.2, -0.15) is 16.9 Å².